The van der Waals surface area contributed by atoms with Crippen LogP contribution in [0.15, 0.2) is 51.6 Å². The zero-order chi connectivity index (χ0) is 15.3. The number of nitrogens with two attached hydrogens (primary N) is 1. The lowest BCUT2D eigenvalue weighted by Crippen LogP contribution is -2.28. The molecule has 0 radical (unpaired) electrons. The fourth-order valence-corrected chi connectivity index (χ4v) is 2.79. The fourth-order valence-electron chi connectivity index (χ4n) is 2.79. The number of hydrogen-bond acceptors (Lipinski definition) is 6. The number of nitrogens with zero attached hydrogens (tertiary/aromatic N) is 4. The molecule has 0 bridgehead atoms. The van der Waals surface area contributed by atoms with Gasteiger partial charge >= 0.3 is 0 Å². The van der Waals surface area contributed by atoms with Crippen LogP contribution in [-0.4, -0.2) is 13.1 Å². The molecule has 0 spiro atoms. The van der Waals surface area contributed by atoms with Gasteiger partial charge in [0.25, 0.3) is 0 Å². The zero-order valence-electron chi connectivity index (χ0n) is 12.2. The fraction of sp³-hybridized carbons (Fsp3) is 0.250. The standard InChI is InChI=1S/C16H15N5O/c1-16(10-2-4-11(20-22)5-3-10)18-14-12(17)6-7-13(15(14)19-16)21-8-9-21/h2-7H,8-9,17H2,1H3. The van der Waals surface area contributed by atoms with Gasteiger partial charge in [-0.25, -0.2) is 9.98 Å². The Bertz CT molecular complexity index is 886. The molecule has 2 aliphatic heterocycles. The predicted octanol–water partition coefficient (Wildman–Crippen LogP) is 1.61. The molecule has 2 aromatic carbocycles. The van der Waals surface area contributed by atoms with Gasteiger partial charge in [0.1, 0.15) is 16.4 Å². The summed E-state index contributed by atoms with van der Waals surface area (Å²) in [6.45, 7) is 4.03. The molecule has 4 rings (SSSR count). The molecule has 0 aliphatic carbocycles. The summed E-state index contributed by atoms with van der Waals surface area (Å²) < 4.78 is 0. The maximum absolute atomic E-state index is 10.5. The summed E-state index contributed by atoms with van der Waals surface area (Å²) in [4.78, 5) is 22.4. The number of anilines is 2. The highest BCUT2D eigenvalue weighted by atomic mass is 16.3. The van der Waals surface area contributed by atoms with E-state index in [4.69, 9.17) is 15.7 Å². The molecule has 1 atom stereocenters. The molecular weight excluding hydrogens is 278 g/mol. The minimum atomic E-state index is -0.718. The molecular formula is C16H15N5O. The normalized spacial score (nSPS) is 21.8. The second-order valence-corrected chi connectivity index (χ2v) is 5.74. The molecule has 6 heteroatoms. The van der Waals surface area contributed by atoms with Crippen molar-refractivity contribution in [3.63, 3.8) is 0 Å². The van der Waals surface area contributed by atoms with Crippen molar-refractivity contribution in [1.82, 2.24) is 0 Å². The molecule has 2 N–H and O–H groups in total. The lowest BCUT2D eigenvalue weighted by molar-refractivity contribution is 0.523. The third-order valence-electron chi connectivity index (χ3n) is 4.13. The van der Waals surface area contributed by atoms with Crippen LogP contribution in [0, 0.1) is 4.91 Å². The molecule has 2 heterocycles. The largest absolute Gasteiger partial charge is 0.397 e. The average molecular weight is 293 g/mol. The van der Waals surface area contributed by atoms with Crippen molar-refractivity contribution < 1.29 is 0 Å². The van der Waals surface area contributed by atoms with Crippen LogP contribution in [0.25, 0.3) is 0 Å². The maximum atomic E-state index is 10.5. The first kappa shape index (κ1) is 12.9. The second-order valence-electron chi connectivity index (χ2n) is 5.74. The highest BCUT2D eigenvalue weighted by Crippen LogP contribution is 2.30. The molecule has 1 unspecified atom stereocenters. The summed E-state index contributed by atoms with van der Waals surface area (Å²) in [7, 11) is 0. The maximum Gasteiger partial charge on any atom is 0.174 e. The summed E-state index contributed by atoms with van der Waals surface area (Å²) in [5, 5.41) is 4.54. The topological polar surface area (TPSA) is 83.2 Å². The van der Waals surface area contributed by atoms with Crippen molar-refractivity contribution in [1.29, 1.82) is 0 Å². The van der Waals surface area contributed by atoms with Crippen LogP contribution in [0.5, 0.6) is 0 Å². The highest BCUT2D eigenvalue weighted by molar-refractivity contribution is 5.57. The van der Waals surface area contributed by atoms with E-state index in [9.17, 15) is 4.91 Å². The Hall–Kier alpha value is -2.76. The van der Waals surface area contributed by atoms with Gasteiger partial charge in [-0.1, -0.05) is 12.1 Å². The van der Waals surface area contributed by atoms with Crippen molar-refractivity contribution in [2.24, 2.45) is 15.2 Å². The number of hydrogen-bond donors (Lipinski definition) is 1. The summed E-state index contributed by atoms with van der Waals surface area (Å²) >= 11 is 0. The van der Waals surface area contributed by atoms with Crippen LogP contribution in [0.1, 0.15) is 12.5 Å². The lowest BCUT2D eigenvalue weighted by atomic mass is 10.0. The monoisotopic (exact) mass is 293 g/mol. The van der Waals surface area contributed by atoms with Crippen LogP contribution < -0.4 is 21.3 Å². The Labute approximate surface area is 127 Å². The van der Waals surface area contributed by atoms with Gasteiger partial charge in [0.05, 0.1) is 11.4 Å². The van der Waals surface area contributed by atoms with Gasteiger partial charge in [0.15, 0.2) is 5.66 Å². The van der Waals surface area contributed by atoms with E-state index in [2.05, 4.69) is 10.1 Å². The van der Waals surface area contributed by atoms with Crippen molar-refractivity contribution in [2.45, 2.75) is 12.6 Å². The van der Waals surface area contributed by atoms with Crippen molar-refractivity contribution in [2.75, 3.05) is 23.7 Å². The molecule has 110 valence electrons. The molecule has 0 saturated carbocycles. The number of nitroso groups, excluding NO2 is 1. The van der Waals surface area contributed by atoms with E-state index < -0.39 is 5.66 Å². The number of fused-ring (bicyclic) bond motifs is 1. The van der Waals surface area contributed by atoms with E-state index in [1.54, 1.807) is 12.1 Å². The minimum absolute atomic E-state index is 0.396. The van der Waals surface area contributed by atoms with E-state index in [1.807, 2.05) is 31.2 Å². The SMILES string of the molecule is CC1(c2ccc(N=O)cc2)N=c2c(N)ccc(N3CC3)c2=N1. The first-order valence-corrected chi connectivity index (χ1v) is 7.18. The second kappa shape index (κ2) is 4.37. The van der Waals surface area contributed by atoms with Crippen LogP contribution in [0.4, 0.5) is 17.1 Å². The molecule has 0 amide bonds. The van der Waals surface area contributed by atoms with Gasteiger partial charge in [-0.15, -0.1) is 4.91 Å². The van der Waals surface area contributed by atoms with Gasteiger partial charge in [0, 0.05) is 18.7 Å². The molecule has 1 saturated heterocycles. The Morgan fingerprint density at radius 3 is 2.41 bits per heavy atom. The van der Waals surface area contributed by atoms with Crippen LogP contribution in [0.3, 0.4) is 0 Å². The smallest absolute Gasteiger partial charge is 0.174 e. The quantitative estimate of drug-likeness (QED) is 0.530. The Morgan fingerprint density at radius 2 is 1.77 bits per heavy atom. The van der Waals surface area contributed by atoms with Gasteiger partial charge < -0.3 is 10.6 Å². The first-order chi connectivity index (χ1) is 10.6. The average Bonchev–Trinajstić information content (AvgIpc) is 3.30. The van der Waals surface area contributed by atoms with Gasteiger partial charge in [-0.2, -0.15) is 0 Å². The van der Waals surface area contributed by atoms with Crippen LogP contribution >= 0.6 is 0 Å². The van der Waals surface area contributed by atoms with Crippen molar-refractivity contribution >= 4 is 17.1 Å². The Morgan fingerprint density at radius 1 is 1.09 bits per heavy atom. The number of rotatable bonds is 3. The van der Waals surface area contributed by atoms with Gasteiger partial charge in [0.2, 0.25) is 0 Å². The summed E-state index contributed by atoms with van der Waals surface area (Å²) in [5.74, 6) is 0. The molecule has 1 fully saturated rings. The molecule has 22 heavy (non-hydrogen) atoms. The summed E-state index contributed by atoms with van der Waals surface area (Å²) in [5.41, 5.74) is 8.39. The van der Waals surface area contributed by atoms with E-state index >= 15 is 0 Å². The van der Waals surface area contributed by atoms with Crippen molar-refractivity contribution in [3.8, 4) is 0 Å². The van der Waals surface area contributed by atoms with Gasteiger partial charge in [-0.05, 0) is 36.4 Å². The van der Waals surface area contributed by atoms with E-state index in [0.717, 1.165) is 35.1 Å². The number of nitrogen functional groups attached to an aromatic ring is 1. The Kier molecular flexibility index (Phi) is 2.57. The van der Waals surface area contributed by atoms with E-state index in [1.165, 1.54) is 0 Å². The van der Waals surface area contributed by atoms with E-state index in [-0.39, 0.29) is 0 Å². The molecule has 0 aromatic heterocycles. The molecule has 6 nitrogen and oxygen atoms in total. The lowest BCUT2D eigenvalue weighted by Gasteiger charge is -2.17. The van der Waals surface area contributed by atoms with Crippen molar-refractivity contribution in [3.05, 3.63) is 57.6 Å². The predicted molar refractivity (Wildman–Crippen MR) is 84.6 cm³/mol. The molecule has 2 aliphatic rings. The summed E-state index contributed by atoms with van der Waals surface area (Å²) in [6.07, 6.45) is 0. The van der Waals surface area contributed by atoms with Crippen LogP contribution in [-0.2, 0) is 5.66 Å². The van der Waals surface area contributed by atoms with E-state index in [0.29, 0.717) is 11.4 Å². The highest BCUT2D eigenvalue weighted by Gasteiger charge is 2.31. The van der Waals surface area contributed by atoms with Crippen LogP contribution in [0.2, 0.25) is 0 Å². The third kappa shape index (κ3) is 1.88. The minimum Gasteiger partial charge on any atom is -0.397 e. The first-order valence-electron chi connectivity index (χ1n) is 7.18. The molecule has 2 aromatic rings. The third-order valence-corrected chi connectivity index (χ3v) is 4.13. The van der Waals surface area contributed by atoms with Gasteiger partial charge in [-0.3, -0.25) is 0 Å². The number of benzene rings is 2. The zero-order valence-corrected chi connectivity index (χ0v) is 12.2. The summed E-state index contributed by atoms with van der Waals surface area (Å²) in [6, 6.07) is 10.9. The Balaban J connectivity index is 1.89.